The zero-order valence-electron chi connectivity index (χ0n) is 14.5. The van der Waals surface area contributed by atoms with Crippen LogP contribution >= 0.6 is 0 Å². The fraction of sp³-hybridized carbons (Fsp3) is 1.00. The molecule has 1 aliphatic heterocycles. The lowest BCUT2D eigenvalue weighted by Crippen LogP contribution is -2.60. The molecule has 10 heteroatoms. The maximum Gasteiger partial charge on any atom is 0.187 e. The summed E-state index contributed by atoms with van der Waals surface area (Å²) in [6.07, 6.45) is -13.8. The van der Waals surface area contributed by atoms with E-state index in [0.29, 0.717) is 0 Å². The Balaban J connectivity index is 2.95. The molecule has 0 aliphatic carbocycles. The maximum atomic E-state index is 10.3. The van der Waals surface area contributed by atoms with Crippen molar-refractivity contribution >= 4 is 0 Å². The molecule has 0 radical (unpaired) electrons. The number of hydrogen-bond donors (Lipinski definition) is 8. The fourth-order valence-electron chi connectivity index (χ4n) is 2.63. The quantitative estimate of drug-likeness (QED) is 0.213. The molecular weight excluding hydrogens is 340 g/mol. The third-order valence-electron chi connectivity index (χ3n) is 4.11. The largest absolute Gasteiger partial charge is 0.394 e. The molecule has 1 rings (SSSR count). The summed E-state index contributed by atoms with van der Waals surface area (Å²) in [7, 11) is 0. The zero-order chi connectivity index (χ0) is 19.5. The van der Waals surface area contributed by atoms with Gasteiger partial charge in [-0.3, -0.25) is 0 Å². The van der Waals surface area contributed by atoms with Gasteiger partial charge in [0.15, 0.2) is 6.29 Å². The summed E-state index contributed by atoms with van der Waals surface area (Å²) in [5.41, 5.74) is -1.33. The molecule has 9 atom stereocenters. The smallest absolute Gasteiger partial charge is 0.187 e. The summed E-state index contributed by atoms with van der Waals surface area (Å²) in [6.45, 7) is 3.44. The minimum absolute atomic E-state index is 0.254. The third kappa shape index (κ3) is 6.07. The summed E-state index contributed by atoms with van der Waals surface area (Å²) >= 11 is 0. The van der Waals surface area contributed by atoms with Gasteiger partial charge in [0.2, 0.25) is 0 Å². The molecule has 0 spiro atoms. The van der Waals surface area contributed by atoms with Gasteiger partial charge < -0.3 is 50.3 Å². The lowest BCUT2D eigenvalue weighted by molar-refractivity contribution is -0.321. The highest BCUT2D eigenvalue weighted by Crippen LogP contribution is 2.26. The van der Waals surface area contributed by atoms with Crippen LogP contribution in [0.2, 0.25) is 0 Å². The van der Waals surface area contributed by atoms with Crippen molar-refractivity contribution in [2.45, 2.75) is 87.9 Å². The van der Waals surface area contributed by atoms with E-state index < -0.39 is 67.3 Å². The first-order valence-electron chi connectivity index (χ1n) is 8.11. The van der Waals surface area contributed by atoms with Gasteiger partial charge in [0.05, 0.1) is 24.4 Å². The van der Waals surface area contributed by atoms with E-state index in [1.165, 1.54) is 20.8 Å². The van der Waals surface area contributed by atoms with Crippen molar-refractivity contribution in [3.8, 4) is 0 Å². The van der Waals surface area contributed by atoms with E-state index in [1.54, 1.807) is 0 Å². The third-order valence-corrected chi connectivity index (χ3v) is 4.11. The highest BCUT2D eigenvalue weighted by molar-refractivity contribution is 4.91. The van der Waals surface area contributed by atoms with Crippen molar-refractivity contribution in [1.29, 1.82) is 0 Å². The van der Waals surface area contributed by atoms with E-state index in [-0.39, 0.29) is 6.42 Å². The average molecular weight is 370 g/mol. The monoisotopic (exact) mass is 370 g/mol. The van der Waals surface area contributed by atoms with Crippen molar-refractivity contribution in [2.24, 2.45) is 0 Å². The topological polar surface area (TPSA) is 180 Å². The predicted octanol–water partition coefficient (Wildman–Crippen LogP) is -3.56. The number of rotatable bonds is 8. The van der Waals surface area contributed by atoms with Gasteiger partial charge in [-0.2, -0.15) is 0 Å². The molecule has 8 N–H and O–H groups in total. The molecule has 150 valence electrons. The molecule has 1 aliphatic rings. The fourth-order valence-corrected chi connectivity index (χ4v) is 2.63. The van der Waals surface area contributed by atoms with Gasteiger partial charge in [-0.05, 0) is 20.8 Å². The molecule has 1 saturated heterocycles. The molecule has 0 aromatic carbocycles. The van der Waals surface area contributed by atoms with Crippen LogP contribution in [-0.4, -0.2) is 108 Å². The maximum absolute atomic E-state index is 10.3. The molecule has 1 unspecified atom stereocenters. The molecule has 10 nitrogen and oxygen atoms in total. The van der Waals surface area contributed by atoms with Gasteiger partial charge in [-0.15, -0.1) is 0 Å². The number of hydrogen-bond acceptors (Lipinski definition) is 10. The summed E-state index contributed by atoms with van der Waals surface area (Å²) in [6, 6.07) is 0. The minimum Gasteiger partial charge on any atom is -0.394 e. The second-order valence-corrected chi connectivity index (χ2v) is 7.11. The summed E-state index contributed by atoms with van der Waals surface area (Å²) in [5, 5.41) is 78.3. The molecule has 25 heavy (non-hydrogen) atoms. The van der Waals surface area contributed by atoms with E-state index in [1.807, 2.05) is 0 Å². The van der Waals surface area contributed by atoms with Crippen LogP contribution in [0.4, 0.5) is 0 Å². The molecule has 0 amide bonds. The molecule has 0 saturated carbocycles. The van der Waals surface area contributed by atoms with Gasteiger partial charge in [0, 0.05) is 6.42 Å². The Morgan fingerprint density at radius 2 is 1.56 bits per heavy atom. The number of ether oxygens (including phenoxy) is 2. The van der Waals surface area contributed by atoms with Crippen LogP contribution in [0.15, 0.2) is 0 Å². The molecule has 0 aromatic heterocycles. The first kappa shape index (κ1) is 22.6. The van der Waals surface area contributed by atoms with E-state index in [4.69, 9.17) is 14.6 Å². The Kier molecular flexibility index (Phi) is 8.15. The highest BCUT2D eigenvalue weighted by Gasteiger charge is 2.46. The van der Waals surface area contributed by atoms with Crippen molar-refractivity contribution in [2.75, 3.05) is 6.61 Å². The summed E-state index contributed by atoms with van der Waals surface area (Å²) in [5.74, 6) is 0. The predicted molar refractivity (Wildman–Crippen MR) is 83.2 cm³/mol. The van der Waals surface area contributed by atoms with Crippen LogP contribution in [0.1, 0.15) is 27.2 Å². The first-order valence-corrected chi connectivity index (χ1v) is 8.11. The first-order chi connectivity index (χ1) is 11.4. The Labute approximate surface area is 145 Å². The Hall–Kier alpha value is -0.400. The van der Waals surface area contributed by atoms with E-state index in [2.05, 4.69) is 0 Å². The normalized spacial score (nSPS) is 35.9. The van der Waals surface area contributed by atoms with Crippen LogP contribution in [0.25, 0.3) is 0 Å². The number of aliphatic hydroxyl groups excluding tert-OH is 7. The lowest BCUT2D eigenvalue weighted by Gasteiger charge is -2.42. The summed E-state index contributed by atoms with van der Waals surface area (Å²) < 4.78 is 10.6. The van der Waals surface area contributed by atoms with Crippen molar-refractivity contribution < 1.29 is 50.3 Å². The van der Waals surface area contributed by atoms with Crippen LogP contribution in [0.5, 0.6) is 0 Å². The molecule has 0 bridgehead atoms. The van der Waals surface area contributed by atoms with E-state index >= 15 is 0 Å². The van der Waals surface area contributed by atoms with Gasteiger partial charge >= 0.3 is 0 Å². The molecule has 1 heterocycles. The van der Waals surface area contributed by atoms with Gasteiger partial charge in [0.1, 0.15) is 36.6 Å². The second kappa shape index (κ2) is 9.00. The lowest BCUT2D eigenvalue weighted by atomic mass is 9.93. The minimum atomic E-state index is -1.77. The molecular formula is C15H30O10. The van der Waals surface area contributed by atoms with Crippen molar-refractivity contribution in [3.63, 3.8) is 0 Å². The van der Waals surface area contributed by atoms with Crippen LogP contribution < -0.4 is 0 Å². The molecule has 0 aromatic rings. The standard InChI is InChI=1S/C15H30O10/c1-6-9(19)11(21)12(22)14(24-6)25-13(10(20)8(18)5-16)7(17)4-15(2,3)23/h6-14,16-23H,4-5H2,1-3H3/t6-,7-,8?,9+,10-,11+,12-,13+,14-/m0/s1. The Morgan fingerprint density at radius 3 is 2.04 bits per heavy atom. The van der Waals surface area contributed by atoms with Crippen molar-refractivity contribution in [1.82, 2.24) is 0 Å². The van der Waals surface area contributed by atoms with E-state index in [0.717, 1.165) is 0 Å². The van der Waals surface area contributed by atoms with E-state index in [9.17, 15) is 35.7 Å². The number of aliphatic hydroxyl groups is 8. The zero-order valence-corrected chi connectivity index (χ0v) is 14.5. The highest BCUT2D eigenvalue weighted by atomic mass is 16.7. The Bertz CT molecular complexity index is 400. The van der Waals surface area contributed by atoms with Gasteiger partial charge in [-0.25, -0.2) is 0 Å². The van der Waals surface area contributed by atoms with Gasteiger partial charge in [-0.1, -0.05) is 0 Å². The molecule has 1 fully saturated rings. The summed E-state index contributed by atoms with van der Waals surface area (Å²) in [4.78, 5) is 0. The Morgan fingerprint density at radius 1 is 1.00 bits per heavy atom. The van der Waals surface area contributed by atoms with Crippen LogP contribution in [0.3, 0.4) is 0 Å². The average Bonchev–Trinajstić information content (AvgIpc) is 2.51. The van der Waals surface area contributed by atoms with Crippen LogP contribution in [-0.2, 0) is 9.47 Å². The van der Waals surface area contributed by atoms with Crippen LogP contribution in [0, 0.1) is 0 Å². The van der Waals surface area contributed by atoms with Gasteiger partial charge in [0.25, 0.3) is 0 Å². The van der Waals surface area contributed by atoms with Crippen molar-refractivity contribution in [3.05, 3.63) is 0 Å². The SMILES string of the molecule is C[C@@H]1O[C@@H](O[C@H]([C@@H](O)CC(C)(C)O)[C@@H](O)C(O)CO)[C@@H](O)[C@H](O)[C@@H]1O. The second-order valence-electron chi connectivity index (χ2n) is 7.11.